The van der Waals surface area contributed by atoms with Gasteiger partial charge in [-0.3, -0.25) is 14.5 Å². The summed E-state index contributed by atoms with van der Waals surface area (Å²) in [4.78, 5) is 49.0. The summed E-state index contributed by atoms with van der Waals surface area (Å²) in [5.41, 5.74) is 5.63. The summed E-state index contributed by atoms with van der Waals surface area (Å²) in [5.74, 6) is -2.15. The van der Waals surface area contributed by atoms with E-state index in [1.165, 1.54) is 23.3 Å². The lowest BCUT2D eigenvalue weighted by Gasteiger charge is -2.49. The molecule has 0 bridgehead atoms. The third-order valence-electron chi connectivity index (χ3n) is 5.90. The van der Waals surface area contributed by atoms with Crippen molar-refractivity contribution < 1.29 is 29.1 Å². The fourth-order valence-electron chi connectivity index (χ4n) is 4.16. The molecule has 190 valence electrons. The van der Waals surface area contributed by atoms with Gasteiger partial charge in [-0.2, -0.15) is 0 Å². The number of aromatic nitrogens is 3. The number of nitrogens with two attached hydrogens (primary N) is 1. The highest BCUT2D eigenvalue weighted by atomic mass is 32.2. The summed E-state index contributed by atoms with van der Waals surface area (Å²) in [6.45, 7) is 0.0268. The van der Waals surface area contributed by atoms with E-state index in [0.717, 1.165) is 46.1 Å². The molecule has 5 rings (SSSR count). The van der Waals surface area contributed by atoms with E-state index in [0.29, 0.717) is 0 Å². The SMILES string of the molecule is Nc1nc(/C(=N/OC2CCCC2)C(=O)NC2C(=O)N3C(C(=O)O)=C(CSc4cnns4)OCC23)cs1. The number of β-lactam (4-membered cyclic amide) rings is 1. The molecule has 36 heavy (non-hydrogen) atoms. The zero-order valence-electron chi connectivity index (χ0n) is 18.7. The number of anilines is 1. The van der Waals surface area contributed by atoms with Crippen LogP contribution in [0, 0.1) is 0 Å². The molecule has 2 unspecified atom stereocenters. The zero-order valence-corrected chi connectivity index (χ0v) is 21.1. The second-order valence-corrected chi connectivity index (χ2v) is 11.1. The number of oxime groups is 1. The molecule has 0 spiro atoms. The number of nitrogens with one attached hydrogen (secondary N) is 1. The minimum atomic E-state index is -1.29. The predicted molar refractivity (Wildman–Crippen MR) is 130 cm³/mol. The van der Waals surface area contributed by atoms with Gasteiger partial charge in [0.2, 0.25) is 0 Å². The van der Waals surface area contributed by atoms with Gasteiger partial charge in [-0.05, 0) is 37.2 Å². The molecule has 3 aliphatic rings. The van der Waals surface area contributed by atoms with E-state index in [-0.39, 0.29) is 46.5 Å². The largest absolute Gasteiger partial charge is 0.492 e. The number of carboxylic acids is 1. The number of hydrogen-bond donors (Lipinski definition) is 3. The highest BCUT2D eigenvalue weighted by Crippen LogP contribution is 2.35. The summed E-state index contributed by atoms with van der Waals surface area (Å²) < 4.78 is 10.3. The molecule has 0 aromatic carbocycles. The van der Waals surface area contributed by atoms with Crippen LogP contribution in [0.5, 0.6) is 0 Å². The lowest BCUT2D eigenvalue weighted by molar-refractivity contribution is -0.160. The monoisotopic (exact) mass is 551 g/mol. The molecule has 2 atom stereocenters. The molecule has 1 saturated heterocycles. The van der Waals surface area contributed by atoms with Crippen LogP contribution < -0.4 is 11.1 Å². The second kappa shape index (κ2) is 10.4. The quantitative estimate of drug-likeness (QED) is 0.175. The van der Waals surface area contributed by atoms with Gasteiger partial charge in [-0.1, -0.05) is 9.64 Å². The third-order valence-corrected chi connectivity index (χ3v) is 8.41. The van der Waals surface area contributed by atoms with Crippen molar-refractivity contribution in [2.24, 2.45) is 5.16 Å². The smallest absolute Gasteiger partial charge is 0.356 e. The number of amides is 2. The summed E-state index contributed by atoms with van der Waals surface area (Å²) >= 11 is 3.63. The molecule has 0 radical (unpaired) electrons. The second-order valence-electron chi connectivity index (χ2n) is 8.16. The van der Waals surface area contributed by atoms with Crippen molar-refractivity contribution >= 4 is 63.3 Å². The highest BCUT2D eigenvalue weighted by molar-refractivity contribution is 8.01. The van der Waals surface area contributed by atoms with Gasteiger partial charge < -0.3 is 25.7 Å². The number of nitrogen functional groups attached to an aromatic ring is 1. The van der Waals surface area contributed by atoms with E-state index in [1.807, 2.05) is 0 Å². The minimum absolute atomic E-state index is 0.0268. The number of carboxylic acid groups (broad SMARTS) is 1. The first-order valence-corrected chi connectivity index (χ1v) is 13.6. The van der Waals surface area contributed by atoms with Crippen LogP contribution in [0.15, 0.2) is 32.4 Å². The van der Waals surface area contributed by atoms with Gasteiger partial charge in [0.1, 0.15) is 40.5 Å². The Balaban J connectivity index is 1.30. The van der Waals surface area contributed by atoms with Crippen molar-refractivity contribution in [2.75, 3.05) is 18.1 Å². The zero-order chi connectivity index (χ0) is 25.2. The average Bonchev–Trinajstić information content (AvgIpc) is 3.64. The normalized spacial score (nSPS) is 22.2. The van der Waals surface area contributed by atoms with Crippen LogP contribution in [0.25, 0.3) is 0 Å². The lowest BCUT2D eigenvalue weighted by Crippen LogP contribution is -2.73. The molecule has 2 aliphatic heterocycles. The Bertz CT molecular complexity index is 1220. The van der Waals surface area contributed by atoms with Crippen molar-refractivity contribution in [1.29, 1.82) is 0 Å². The molecule has 2 aromatic rings. The van der Waals surface area contributed by atoms with E-state index in [2.05, 4.69) is 25.0 Å². The number of nitrogens with zero attached hydrogens (tertiary/aromatic N) is 5. The van der Waals surface area contributed by atoms with E-state index >= 15 is 0 Å². The van der Waals surface area contributed by atoms with E-state index in [9.17, 15) is 19.5 Å². The maximum Gasteiger partial charge on any atom is 0.356 e. The van der Waals surface area contributed by atoms with Gasteiger partial charge in [0.05, 0.1) is 11.9 Å². The van der Waals surface area contributed by atoms with Crippen LogP contribution in [0.3, 0.4) is 0 Å². The Kier molecular flexibility index (Phi) is 7.06. The van der Waals surface area contributed by atoms with Gasteiger partial charge in [0.15, 0.2) is 16.5 Å². The number of thiazole rings is 1. The molecule has 1 aliphatic carbocycles. The molecule has 4 N–H and O–H groups in total. The van der Waals surface area contributed by atoms with Gasteiger partial charge in [-0.15, -0.1) is 28.2 Å². The minimum Gasteiger partial charge on any atom is -0.492 e. The van der Waals surface area contributed by atoms with Gasteiger partial charge in [-0.25, -0.2) is 9.78 Å². The van der Waals surface area contributed by atoms with Crippen molar-refractivity contribution in [1.82, 2.24) is 24.8 Å². The molecule has 1 saturated carbocycles. The fraction of sp³-hybridized carbons (Fsp3) is 0.450. The van der Waals surface area contributed by atoms with E-state index < -0.39 is 29.9 Å². The van der Waals surface area contributed by atoms with Gasteiger partial charge in [0, 0.05) is 5.38 Å². The number of fused-ring (bicyclic) bond motifs is 1. The third kappa shape index (κ3) is 4.87. The fourth-order valence-corrected chi connectivity index (χ4v) is 6.08. The van der Waals surface area contributed by atoms with Crippen molar-refractivity contribution in [2.45, 2.75) is 48.1 Å². The molecular formula is C20H21N7O6S3. The molecule has 2 amide bonds. The Labute approximate surface area is 216 Å². The predicted octanol–water partition coefficient (Wildman–Crippen LogP) is 1.05. The number of carbonyl (C=O) groups excluding carboxylic acids is 2. The van der Waals surface area contributed by atoms with Gasteiger partial charge >= 0.3 is 5.97 Å². The van der Waals surface area contributed by atoms with Gasteiger partial charge in [0.25, 0.3) is 11.8 Å². The van der Waals surface area contributed by atoms with Crippen LogP contribution in [0.2, 0.25) is 0 Å². The maximum absolute atomic E-state index is 13.1. The molecule has 13 nitrogen and oxygen atoms in total. The lowest BCUT2D eigenvalue weighted by atomic mass is 9.92. The Morgan fingerprint density at radius 2 is 2.19 bits per heavy atom. The van der Waals surface area contributed by atoms with Crippen molar-refractivity contribution in [3.63, 3.8) is 0 Å². The number of thioether (sulfide) groups is 1. The summed E-state index contributed by atoms with van der Waals surface area (Å²) in [7, 11) is 0. The van der Waals surface area contributed by atoms with Crippen LogP contribution in [0.1, 0.15) is 31.4 Å². The Morgan fingerprint density at radius 3 is 2.86 bits per heavy atom. The number of rotatable bonds is 9. The average molecular weight is 552 g/mol. The Hall–Kier alpha value is -3.24. The van der Waals surface area contributed by atoms with Crippen molar-refractivity contribution in [3.05, 3.63) is 28.7 Å². The molecule has 2 fully saturated rings. The van der Waals surface area contributed by atoms with E-state index in [4.69, 9.17) is 15.3 Å². The maximum atomic E-state index is 13.1. The van der Waals surface area contributed by atoms with Crippen LogP contribution in [0.4, 0.5) is 5.13 Å². The van der Waals surface area contributed by atoms with Crippen molar-refractivity contribution in [3.8, 4) is 0 Å². The molecular weight excluding hydrogens is 530 g/mol. The van der Waals surface area contributed by atoms with Crippen LogP contribution in [-0.2, 0) is 24.0 Å². The van der Waals surface area contributed by atoms with Crippen LogP contribution in [-0.4, -0.2) is 78.6 Å². The Morgan fingerprint density at radius 1 is 1.39 bits per heavy atom. The first-order chi connectivity index (χ1) is 17.4. The number of hydrogen-bond acceptors (Lipinski definition) is 13. The first-order valence-electron chi connectivity index (χ1n) is 11.0. The molecule has 4 heterocycles. The number of carbonyl (C=O) groups is 3. The topological polar surface area (TPSA) is 182 Å². The summed E-state index contributed by atoms with van der Waals surface area (Å²) in [5, 5.41) is 22.1. The number of aliphatic carboxylic acids is 1. The standard InChI is InChI=1S/C20H21N7O6S3/c21-20-23-10(7-35-20)14(25-33-9-3-1-2-4-9)17(28)24-15-11-6-32-12(8-34-13-5-22-26-36-13)16(19(30)31)27(11)18(15)29/h5,7,9,11,15H,1-4,6,8H2,(H2,21,23)(H,24,28)(H,30,31)/b25-14-. The number of ether oxygens (including phenoxy) is 1. The first kappa shape index (κ1) is 24.5. The molecule has 16 heteroatoms. The summed E-state index contributed by atoms with van der Waals surface area (Å²) in [6.07, 6.45) is 5.22. The summed E-state index contributed by atoms with van der Waals surface area (Å²) in [6, 6.07) is -1.66. The highest BCUT2D eigenvalue weighted by Gasteiger charge is 2.55. The van der Waals surface area contributed by atoms with Crippen LogP contribution >= 0.6 is 34.6 Å². The van der Waals surface area contributed by atoms with E-state index in [1.54, 1.807) is 11.6 Å². The molecule has 2 aromatic heterocycles.